The van der Waals surface area contributed by atoms with Gasteiger partial charge < -0.3 is 9.32 Å². The summed E-state index contributed by atoms with van der Waals surface area (Å²) in [6.07, 6.45) is 0.243. The summed E-state index contributed by atoms with van der Waals surface area (Å²) in [6.45, 7) is -0.131. The van der Waals surface area contributed by atoms with Crippen molar-refractivity contribution in [1.29, 1.82) is 0 Å². The first kappa shape index (κ1) is 20.7. The number of amides is 1. The van der Waals surface area contributed by atoms with Crippen molar-refractivity contribution in [1.82, 2.24) is 4.90 Å². The summed E-state index contributed by atoms with van der Waals surface area (Å²) in [4.78, 5) is 27.1. The number of carbonyl (C=O) groups is 1. The summed E-state index contributed by atoms with van der Waals surface area (Å²) in [5.74, 6) is -1.62. The van der Waals surface area contributed by atoms with E-state index in [4.69, 9.17) is 4.42 Å². The van der Waals surface area contributed by atoms with Gasteiger partial charge >= 0.3 is 0 Å². The van der Waals surface area contributed by atoms with Gasteiger partial charge in [-0.3, -0.25) is 9.59 Å². The average Bonchev–Trinajstić information content (AvgIpc) is 3.06. The smallest absolute Gasteiger partial charge is 0.290 e. The van der Waals surface area contributed by atoms with Gasteiger partial charge in [0.1, 0.15) is 11.4 Å². The molecule has 6 nitrogen and oxygen atoms in total. The molecule has 0 radical (unpaired) electrons. The van der Waals surface area contributed by atoms with Crippen LogP contribution < -0.4 is 5.43 Å². The van der Waals surface area contributed by atoms with E-state index in [2.05, 4.69) is 15.9 Å². The molecule has 30 heavy (non-hydrogen) atoms. The Bertz CT molecular complexity index is 1300. The molecule has 1 aromatic heterocycles. The van der Waals surface area contributed by atoms with Gasteiger partial charge in [-0.2, -0.15) is 0 Å². The van der Waals surface area contributed by atoms with Crippen LogP contribution in [0, 0.1) is 5.82 Å². The lowest BCUT2D eigenvalue weighted by atomic mass is 10.1. The van der Waals surface area contributed by atoms with Crippen molar-refractivity contribution in [2.24, 2.45) is 0 Å². The first-order chi connectivity index (χ1) is 14.2. The molecule has 0 saturated carbocycles. The molecule has 1 amide bonds. The Morgan fingerprint density at radius 3 is 2.67 bits per heavy atom. The highest BCUT2D eigenvalue weighted by Gasteiger charge is 2.36. The minimum atomic E-state index is -3.29. The number of hydrogen-bond acceptors (Lipinski definition) is 5. The Kier molecular flexibility index (Phi) is 5.50. The molecule has 1 unspecified atom stereocenters. The van der Waals surface area contributed by atoms with Gasteiger partial charge in [0.2, 0.25) is 0 Å². The molecule has 1 aliphatic heterocycles. The summed E-state index contributed by atoms with van der Waals surface area (Å²) in [5.41, 5.74) is 0.0898. The SMILES string of the molecule is O=C(c1cc(=O)c2cc(Br)ccc2o1)N(Cc1ccccc1F)C1CCS(=O)(=O)C1. The van der Waals surface area contributed by atoms with Gasteiger partial charge in [0, 0.05) is 28.7 Å². The topological polar surface area (TPSA) is 84.7 Å². The molecule has 156 valence electrons. The molecule has 1 atom stereocenters. The van der Waals surface area contributed by atoms with E-state index in [9.17, 15) is 22.4 Å². The van der Waals surface area contributed by atoms with Crippen LogP contribution in [-0.2, 0) is 16.4 Å². The van der Waals surface area contributed by atoms with Gasteiger partial charge in [-0.1, -0.05) is 34.1 Å². The fourth-order valence-corrected chi connectivity index (χ4v) is 5.67. The molecule has 0 spiro atoms. The molecule has 2 aromatic carbocycles. The summed E-state index contributed by atoms with van der Waals surface area (Å²) in [5, 5.41) is 0.310. The van der Waals surface area contributed by atoms with E-state index in [0.717, 1.165) is 6.07 Å². The molecule has 1 saturated heterocycles. The van der Waals surface area contributed by atoms with Crippen molar-refractivity contribution in [2.45, 2.75) is 19.0 Å². The Morgan fingerprint density at radius 2 is 1.97 bits per heavy atom. The van der Waals surface area contributed by atoms with Crippen molar-refractivity contribution in [2.75, 3.05) is 11.5 Å². The van der Waals surface area contributed by atoms with Gasteiger partial charge in [0.25, 0.3) is 5.91 Å². The van der Waals surface area contributed by atoms with Gasteiger partial charge in [-0.25, -0.2) is 12.8 Å². The lowest BCUT2D eigenvalue weighted by molar-refractivity contribution is 0.0646. The zero-order valence-corrected chi connectivity index (χ0v) is 18.1. The van der Waals surface area contributed by atoms with Crippen LogP contribution in [0.25, 0.3) is 11.0 Å². The highest BCUT2D eigenvalue weighted by Crippen LogP contribution is 2.24. The minimum absolute atomic E-state index is 0.0472. The quantitative estimate of drug-likeness (QED) is 0.554. The van der Waals surface area contributed by atoms with E-state index < -0.39 is 33.0 Å². The average molecular weight is 494 g/mol. The highest BCUT2D eigenvalue weighted by molar-refractivity contribution is 9.10. The molecular formula is C21H17BrFNO5S. The number of fused-ring (bicyclic) bond motifs is 1. The number of hydrogen-bond donors (Lipinski definition) is 0. The number of benzene rings is 2. The van der Waals surface area contributed by atoms with E-state index in [1.54, 1.807) is 24.3 Å². The predicted molar refractivity (Wildman–Crippen MR) is 114 cm³/mol. The predicted octanol–water partition coefficient (Wildman–Crippen LogP) is 3.52. The molecule has 0 N–H and O–H groups in total. The Morgan fingerprint density at radius 1 is 1.20 bits per heavy atom. The number of carbonyl (C=O) groups excluding carboxylic acids is 1. The van der Waals surface area contributed by atoms with Crippen molar-refractivity contribution in [3.05, 3.63) is 80.4 Å². The Labute approximate surface area is 180 Å². The van der Waals surface area contributed by atoms with Crippen LogP contribution >= 0.6 is 15.9 Å². The summed E-state index contributed by atoms with van der Waals surface area (Å²) >= 11 is 3.29. The Balaban J connectivity index is 1.75. The fraction of sp³-hybridized carbons (Fsp3) is 0.238. The van der Waals surface area contributed by atoms with Crippen LogP contribution in [0.3, 0.4) is 0 Å². The van der Waals surface area contributed by atoms with E-state index in [1.807, 2.05) is 0 Å². The molecule has 1 fully saturated rings. The molecule has 2 heterocycles. The molecule has 0 aliphatic carbocycles. The molecule has 1 aliphatic rings. The normalized spacial score (nSPS) is 17.9. The van der Waals surface area contributed by atoms with Crippen molar-refractivity contribution < 1.29 is 22.0 Å². The van der Waals surface area contributed by atoms with Crippen LogP contribution in [0.2, 0.25) is 0 Å². The van der Waals surface area contributed by atoms with E-state index in [-0.39, 0.29) is 41.4 Å². The minimum Gasteiger partial charge on any atom is -0.451 e. The van der Waals surface area contributed by atoms with E-state index in [0.29, 0.717) is 9.86 Å². The maximum Gasteiger partial charge on any atom is 0.290 e. The zero-order valence-electron chi connectivity index (χ0n) is 15.7. The second-order valence-electron chi connectivity index (χ2n) is 7.20. The third kappa shape index (κ3) is 4.17. The second kappa shape index (κ2) is 7.96. The van der Waals surface area contributed by atoms with Crippen molar-refractivity contribution in [3.8, 4) is 0 Å². The maximum absolute atomic E-state index is 14.2. The first-order valence-corrected chi connectivity index (χ1v) is 11.8. The highest BCUT2D eigenvalue weighted by atomic mass is 79.9. The monoisotopic (exact) mass is 493 g/mol. The number of halogens is 2. The van der Waals surface area contributed by atoms with E-state index in [1.165, 1.54) is 23.1 Å². The molecule has 3 aromatic rings. The summed E-state index contributed by atoms with van der Waals surface area (Å²) < 4.78 is 44.6. The maximum atomic E-state index is 14.2. The second-order valence-corrected chi connectivity index (χ2v) is 10.3. The lowest BCUT2D eigenvalue weighted by Crippen LogP contribution is -2.41. The lowest BCUT2D eigenvalue weighted by Gasteiger charge is -2.28. The number of nitrogens with zero attached hydrogens (tertiary/aromatic N) is 1. The van der Waals surface area contributed by atoms with Crippen LogP contribution in [0.15, 0.2) is 62.2 Å². The van der Waals surface area contributed by atoms with Gasteiger partial charge in [0.05, 0.1) is 16.9 Å². The van der Waals surface area contributed by atoms with Crippen molar-refractivity contribution in [3.63, 3.8) is 0 Å². The third-order valence-corrected chi connectivity index (χ3v) is 7.35. The molecular weight excluding hydrogens is 477 g/mol. The van der Waals surface area contributed by atoms with Crippen LogP contribution in [0.1, 0.15) is 22.5 Å². The molecule has 0 bridgehead atoms. The van der Waals surface area contributed by atoms with Gasteiger partial charge in [-0.05, 0) is 30.7 Å². The first-order valence-electron chi connectivity index (χ1n) is 9.22. The summed E-state index contributed by atoms with van der Waals surface area (Å²) in [6, 6.07) is 11.3. The Hall–Kier alpha value is -2.52. The molecule has 9 heteroatoms. The van der Waals surface area contributed by atoms with Crippen molar-refractivity contribution >= 4 is 42.6 Å². The van der Waals surface area contributed by atoms with Gasteiger partial charge in [0.15, 0.2) is 21.0 Å². The van der Waals surface area contributed by atoms with Crippen LogP contribution in [0.4, 0.5) is 4.39 Å². The van der Waals surface area contributed by atoms with Crippen LogP contribution in [-0.4, -0.2) is 36.8 Å². The summed E-state index contributed by atoms with van der Waals surface area (Å²) in [7, 11) is -3.29. The largest absolute Gasteiger partial charge is 0.451 e. The number of rotatable bonds is 4. The zero-order chi connectivity index (χ0) is 21.5. The van der Waals surface area contributed by atoms with Crippen LogP contribution in [0.5, 0.6) is 0 Å². The third-order valence-electron chi connectivity index (χ3n) is 5.11. The number of sulfone groups is 1. The fourth-order valence-electron chi connectivity index (χ4n) is 3.57. The molecule has 4 rings (SSSR count). The standard InChI is InChI=1S/C21H17BrFNO5S/c22-14-5-6-19-16(9-14)18(25)10-20(29-19)21(26)24(15-7-8-30(27,28)12-15)11-13-3-1-2-4-17(13)23/h1-6,9-10,15H,7-8,11-12H2. The van der Waals surface area contributed by atoms with Gasteiger partial charge in [-0.15, -0.1) is 0 Å². The van der Waals surface area contributed by atoms with E-state index >= 15 is 0 Å².